The number of benzene rings is 2. The topological polar surface area (TPSA) is 74.6 Å². The maximum atomic E-state index is 12.2. The van der Waals surface area contributed by atoms with E-state index in [4.69, 9.17) is 0 Å². The fourth-order valence-corrected chi connectivity index (χ4v) is 8.76. The van der Waals surface area contributed by atoms with Crippen LogP contribution in [-0.2, 0) is 9.84 Å². The van der Waals surface area contributed by atoms with Crippen molar-refractivity contribution < 1.29 is 18.6 Å². The summed E-state index contributed by atoms with van der Waals surface area (Å²) < 4.78 is 25.5. The van der Waals surface area contributed by atoms with E-state index < -0.39 is 9.84 Å². The van der Waals surface area contributed by atoms with E-state index in [9.17, 15) is 18.6 Å². The molecular weight excluding hydrogens is 488 g/mol. The van der Waals surface area contributed by atoms with Crippen LogP contribution < -0.4 is 0 Å². The standard InChI is InChI=1S/C15H18O3S.C15H18OS/c16-12-7-8-13-14(10-19(17,18)15(13)9-12)11-5-3-1-2-4-6-11;16-12-7-8-13-14(10-17-15(13)9-12)11-5-3-1-2-4-6-11/h7-11,16H,1-6H2;7-11,16H,1-6H2. The Labute approximate surface area is 218 Å². The van der Waals surface area contributed by atoms with Crippen LogP contribution in [0.15, 0.2) is 52.1 Å². The number of fused-ring (bicyclic) bond motifs is 2. The highest BCUT2D eigenvalue weighted by Gasteiger charge is 2.31. The predicted octanol–water partition coefficient (Wildman–Crippen LogP) is 8.54. The van der Waals surface area contributed by atoms with Crippen LogP contribution in [0.5, 0.6) is 11.5 Å². The normalized spacial score (nSPS) is 20.6. The summed E-state index contributed by atoms with van der Waals surface area (Å²) in [4.78, 5) is 0.270. The lowest BCUT2D eigenvalue weighted by Gasteiger charge is -2.16. The molecular formula is C30H36O4S2. The molecule has 2 fully saturated rings. The first-order valence-electron chi connectivity index (χ1n) is 13.4. The molecule has 0 atom stereocenters. The second-order valence-corrected chi connectivity index (χ2v) is 13.2. The summed E-state index contributed by atoms with van der Waals surface area (Å²) in [7, 11) is -3.36. The largest absolute Gasteiger partial charge is 0.508 e. The summed E-state index contributed by atoms with van der Waals surface area (Å²) in [6.45, 7) is 0. The summed E-state index contributed by atoms with van der Waals surface area (Å²) >= 11 is 1.77. The Hall–Kier alpha value is -2.31. The summed E-state index contributed by atoms with van der Waals surface area (Å²) in [5.41, 5.74) is 3.27. The van der Waals surface area contributed by atoms with Crippen LogP contribution in [0.2, 0.25) is 0 Å². The van der Waals surface area contributed by atoms with Gasteiger partial charge in [-0.15, -0.1) is 11.3 Å². The van der Waals surface area contributed by atoms with E-state index >= 15 is 0 Å². The summed E-state index contributed by atoms with van der Waals surface area (Å²) in [6, 6.07) is 10.5. The zero-order valence-corrected chi connectivity index (χ0v) is 22.4. The van der Waals surface area contributed by atoms with Crippen molar-refractivity contribution in [1.29, 1.82) is 0 Å². The van der Waals surface area contributed by atoms with Crippen molar-refractivity contribution in [2.75, 3.05) is 0 Å². The lowest BCUT2D eigenvalue weighted by atomic mass is 9.88. The molecule has 2 N–H and O–H groups in total. The van der Waals surface area contributed by atoms with E-state index in [-0.39, 0.29) is 10.6 Å². The van der Waals surface area contributed by atoms with Gasteiger partial charge in [-0.1, -0.05) is 51.4 Å². The van der Waals surface area contributed by atoms with E-state index in [0.717, 1.165) is 29.9 Å². The molecule has 192 valence electrons. The van der Waals surface area contributed by atoms with Crippen molar-refractivity contribution >= 4 is 36.8 Å². The zero-order chi connectivity index (χ0) is 25.1. The van der Waals surface area contributed by atoms with Gasteiger partial charge in [-0.3, -0.25) is 0 Å². The lowest BCUT2D eigenvalue weighted by molar-refractivity contribution is 0.473. The second kappa shape index (κ2) is 11.0. The van der Waals surface area contributed by atoms with Gasteiger partial charge in [-0.2, -0.15) is 0 Å². The van der Waals surface area contributed by atoms with Crippen molar-refractivity contribution in [2.24, 2.45) is 5.92 Å². The van der Waals surface area contributed by atoms with E-state index in [1.807, 2.05) is 12.1 Å². The second-order valence-electron chi connectivity index (χ2n) is 10.5. The molecule has 6 rings (SSSR count). The van der Waals surface area contributed by atoms with Crippen LogP contribution in [-0.4, -0.2) is 18.6 Å². The van der Waals surface area contributed by atoms with Gasteiger partial charge in [-0.25, -0.2) is 8.42 Å². The summed E-state index contributed by atoms with van der Waals surface area (Å²) in [5.74, 6) is 1.49. The van der Waals surface area contributed by atoms with E-state index in [1.165, 1.54) is 91.3 Å². The fourth-order valence-electron chi connectivity index (χ4n) is 6.13. The average Bonchev–Trinajstić information content (AvgIpc) is 3.12. The predicted molar refractivity (Wildman–Crippen MR) is 148 cm³/mol. The fraction of sp³-hybridized carbons (Fsp3) is 0.467. The van der Waals surface area contributed by atoms with Gasteiger partial charge in [0, 0.05) is 10.1 Å². The van der Waals surface area contributed by atoms with Gasteiger partial charge in [0.25, 0.3) is 0 Å². The first-order chi connectivity index (χ1) is 17.4. The Kier molecular flexibility index (Phi) is 7.73. The third-order valence-electron chi connectivity index (χ3n) is 8.04. The number of thiophene rings is 1. The number of sulfone groups is 1. The van der Waals surface area contributed by atoms with E-state index in [0.29, 0.717) is 11.7 Å². The first kappa shape index (κ1) is 25.3. The summed E-state index contributed by atoms with van der Waals surface area (Å²) in [5, 5.41) is 24.1. The van der Waals surface area contributed by atoms with Gasteiger partial charge in [0.15, 0.2) is 0 Å². The third-order valence-corrected chi connectivity index (χ3v) is 10.5. The monoisotopic (exact) mass is 524 g/mol. The molecule has 0 radical (unpaired) electrons. The maximum absolute atomic E-state index is 12.2. The molecule has 3 aliphatic rings. The van der Waals surface area contributed by atoms with Gasteiger partial charge in [0.05, 0.1) is 4.90 Å². The molecule has 0 spiro atoms. The number of phenolic OH excluding ortho intramolecular Hbond substituents is 2. The highest BCUT2D eigenvalue weighted by atomic mass is 32.2. The van der Waals surface area contributed by atoms with Crippen molar-refractivity contribution in [3.63, 3.8) is 0 Å². The van der Waals surface area contributed by atoms with Gasteiger partial charge in [0.1, 0.15) is 11.5 Å². The summed E-state index contributed by atoms with van der Waals surface area (Å²) in [6.07, 6.45) is 15.2. The third kappa shape index (κ3) is 5.50. The molecule has 2 saturated carbocycles. The van der Waals surface area contributed by atoms with Crippen LogP contribution in [0, 0.1) is 5.92 Å². The number of aromatic hydroxyl groups is 2. The minimum absolute atomic E-state index is 0.0119. The van der Waals surface area contributed by atoms with Crippen LogP contribution in [0.4, 0.5) is 0 Å². The molecule has 36 heavy (non-hydrogen) atoms. The molecule has 0 saturated heterocycles. The van der Waals surface area contributed by atoms with Crippen LogP contribution in [0.1, 0.15) is 94.1 Å². The molecule has 2 aromatic carbocycles. The Balaban J connectivity index is 0.000000149. The molecule has 0 bridgehead atoms. The van der Waals surface area contributed by atoms with Crippen molar-refractivity contribution in [1.82, 2.24) is 0 Å². The van der Waals surface area contributed by atoms with Gasteiger partial charge >= 0.3 is 0 Å². The maximum Gasteiger partial charge on any atom is 0.200 e. The zero-order valence-electron chi connectivity index (χ0n) is 20.8. The Morgan fingerprint density at radius 1 is 0.722 bits per heavy atom. The average molecular weight is 525 g/mol. The Bertz CT molecular complexity index is 1340. The highest BCUT2D eigenvalue weighted by Crippen LogP contribution is 2.43. The SMILES string of the molecule is O=S1(=O)C=C(C2CCCCCC2)c2ccc(O)cc21.Oc1ccc2c(C3CCCCCC3)csc2c1. The Morgan fingerprint density at radius 3 is 1.97 bits per heavy atom. The van der Waals surface area contributed by atoms with E-state index in [2.05, 4.69) is 11.4 Å². The molecule has 0 unspecified atom stereocenters. The van der Waals surface area contributed by atoms with Crippen molar-refractivity contribution in [3.05, 3.63) is 58.3 Å². The lowest BCUT2D eigenvalue weighted by Crippen LogP contribution is -2.01. The molecule has 2 heterocycles. The van der Waals surface area contributed by atoms with E-state index in [1.54, 1.807) is 23.5 Å². The molecule has 1 aliphatic heterocycles. The van der Waals surface area contributed by atoms with Crippen LogP contribution >= 0.6 is 11.3 Å². The highest BCUT2D eigenvalue weighted by molar-refractivity contribution is 7.95. The number of phenols is 2. The Morgan fingerprint density at radius 2 is 1.31 bits per heavy atom. The number of hydrogen-bond acceptors (Lipinski definition) is 5. The molecule has 1 aromatic heterocycles. The molecule has 2 aliphatic carbocycles. The number of hydrogen-bond donors (Lipinski definition) is 2. The van der Waals surface area contributed by atoms with Crippen molar-refractivity contribution in [2.45, 2.75) is 87.9 Å². The minimum atomic E-state index is -3.36. The molecule has 4 nitrogen and oxygen atoms in total. The van der Waals surface area contributed by atoms with Crippen LogP contribution in [0.3, 0.4) is 0 Å². The number of rotatable bonds is 2. The quantitative estimate of drug-likeness (QED) is 0.329. The van der Waals surface area contributed by atoms with Gasteiger partial charge < -0.3 is 10.2 Å². The van der Waals surface area contributed by atoms with Gasteiger partial charge in [0.2, 0.25) is 9.84 Å². The van der Waals surface area contributed by atoms with Crippen LogP contribution in [0.25, 0.3) is 15.7 Å². The first-order valence-corrected chi connectivity index (χ1v) is 15.8. The van der Waals surface area contributed by atoms with Gasteiger partial charge in [-0.05, 0) is 101 Å². The smallest absolute Gasteiger partial charge is 0.200 e. The molecule has 0 amide bonds. The van der Waals surface area contributed by atoms with Crippen molar-refractivity contribution in [3.8, 4) is 11.5 Å². The number of allylic oxidation sites excluding steroid dienone is 1. The minimum Gasteiger partial charge on any atom is -0.508 e. The molecule has 6 heteroatoms. The molecule has 3 aromatic rings.